The summed E-state index contributed by atoms with van der Waals surface area (Å²) in [4.78, 5) is 25.7. The Labute approximate surface area is 149 Å². The maximum atomic E-state index is 12.3. The number of carbonyl (C=O) groups excluding carboxylic acids is 2. The summed E-state index contributed by atoms with van der Waals surface area (Å²) < 4.78 is 6.16. The molecular weight excluding hydrogens is 372 g/mol. The van der Waals surface area contributed by atoms with E-state index >= 15 is 0 Å². The summed E-state index contributed by atoms with van der Waals surface area (Å²) in [5.74, 6) is 0.384. The molecule has 2 rings (SSSR count). The summed E-state index contributed by atoms with van der Waals surface area (Å²) in [5.41, 5.74) is 1.71. The van der Waals surface area contributed by atoms with Gasteiger partial charge in [-0.3, -0.25) is 9.59 Å². The molecule has 0 saturated heterocycles. The highest BCUT2D eigenvalue weighted by molar-refractivity contribution is 9.10. The summed E-state index contributed by atoms with van der Waals surface area (Å²) in [6, 6.07) is 12.0. The van der Waals surface area contributed by atoms with Crippen LogP contribution < -0.4 is 10.1 Å². The maximum absolute atomic E-state index is 12.3. The zero-order valence-corrected chi connectivity index (χ0v) is 15.4. The van der Waals surface area contributed by atoms with Gasteiger partial charge < -0.3 is 15.0 Å². The predicted molar refractivity (Wildman–Crippen MR) is 97.7 cm³/mol. The van der Waals surface area contributed by atoms with Crippen molar-refractivity contribution in [3.05, 3.63) is 58.1 Å². The molecule has 0 unspecified atom stereocenters. The molecule has 1 N–H and O–H groups in total. The molecule has 2 amide bonds. The molecule has 0 aromatic heterocycles. The molecule has 2 aromatic carbocycles. The van der Waals surface area contributed by atoms with Gasteiger partial charge >= 0.3 is 0 Å². The minimum atomic E-state index is -0.231. The van der Waals surface area contributed by atoms with Crippen LogP contribution in [0.2, 0.25) is 0 Å². The monoisotopic (exact) mass is 390 g/mol. The van der Waals surface area contributed by atoms with Crippen molar-refractivity contribution >= 4 is 33.4 Å². The van der Waals surface area contributed by atoms with Gasteiger partial charge in [0.05, 0.1) is 11.1 Å². The number of nitrogens with one attached hydrogen (secondary N) is 1. The van der Waals surface area contributed by atoms with Crippen molar-refractivity contribution in [3.8, 4) is 5.75 Å². The molecule has 0 aliphatic heterocycles. The zero-order valence-electron chi connectivity index (χ0n) is 13.8. The van der Waals surface area contributed by atoms with Gasteiger partial charge in [0.1, 0.15) is 5.75 Å². The van der Waals surface area contributed by atoms with Gasteiger partial charge in [-0.2, -0.15) is 0 Å². The normalized spacial score (nSPS) is 10.2. The Morgan fingerprint density at radius 2 is 1.71 bits per heavy atom. The fraction of sp³-hybridized carbons (Fsp3) is 0.222. The highest BCUT2D eigenvalue weighted by atomic mass is 79.9. The first-order valence-corrected chi connectivity index (χ1v) is 8.27. The molecule has 0 spiro atoms. The number of halogens is 1. The van der Waals surface area contributed by atoms with E-state index < -0.39 is 0 Å². The van der Waals surface area contributed by atoms with Crippen molar-refractivity contribution < 1.29 is 14.3 Å². The SMILES string of the molecule is CCOc1ccc(C(=O)Nc2ccc(C(=O)N(C)C)cc2)cc1Br. The van der Waals surface area contributed by atoms with Gasteiger partial charge in [-0.25, -0.2) is 0 Å². The van der Waals surface area contributed by atoms with Crippen LogP contribution >= 0.6 is 15.9 Å². The number of hydrogen-bond acceptors (Lipinski definition) is 3. The molecular formula is C18H19BrN2O3. The summed E-state index contributed by atoms with van der Waals surface area (Å²) in [6.45, 7) is 2.46. The molecule has 0 aliphatic rings. The molecule has 0 bridgehead atoms. The van der Waals surface area contributed by atoms with Gasteiger partial charge in [-0.15, -0.1) is 0 Å². The summed E-state index contributed by atoms with van der Waals surface area (Å²) in [6.07, 6.45) is 0. The van der Waals surface area contributed by atoms with Crippen LogP contribution in [-0.4, -0.2) is 37.4 Å². The molecule has 0 heterocycles. The number of nitrogens with zero attached hydrogens (tertiary/aromatic N) is 1. The topological polar surface area (TPSA) is 58.6 Å². The molecule has 0 saturated carbocycles. The smallest absolute Gasteiger partial charge is 0.255 e. The third kappa shape index (κ3) is 4.35. The van der Waals surface area contributed by atoms with E-state index in [2.05, 4.69) is 21.2 Å². The lowest BCUT2D eigenvalue weighted by atomic mass is 10.1. The van der Waals surface area contributed by atoms with E-state index in [0.717, 1.165) is 4.47 Å². The lowest BCUT2D eigenvalue weighted by molar-refractivity contribution is 0.0827. The minimum absolute atomic E-state index is 0.0803. The minimum Gasteiger partial charge on any atom is -0.493 e. The van der Waals surface area contributed by atoms with Crippen LogP contribution in [0.5, 0.6) is 5.75 Å². The Morgan fingerprint density at radius 1 is 1.08 bits per heavy atom. The van der Waals surface area contributed by atoms with Crippen molar-refractivity contribution in [2.24, 2.45) is 0 Å². The van der Waals surface area contributed by atoms with Crippen LogP contribution in [-0.2, 0) is 0 Å². The maximum Gasteiger partial charge on any atom is 0.255 e. The van der Waals surface area contributed by atoms with E-state index in [1.54, 1.807) is 56.6 Å². The van der Waals surface area contributed by atoms with Crippen LogP contribution in [0.25, 0.3) is 0 Å². The lowest BCUT2D eigenvalue weighted by Crippen LogP contribution is -2.21. The summed E-state index contributed by atoms with van der Waals surface area (Å²) in [5, 5.41) is 2.81. The first kappa shape index (κ1) is 18.0. The van der Waals surface area contributed by atoms with Crippen LogP contribution in [0.15, 0.2) is 46.9 Å². The Morgan fingerprint density at radius 3 is 2.25 bits per heavy atom. The van der Waals surface area contributed by atoms with Crippen molar-refractivity contribution in [2.75, 3.05) is 26.0 Å². The molecule has 0 fully saturated rings. The van der Waals surface area contributed by atoms with Crippen LogP contribution in [0.1, 0.15) is 27.6 Å². The van der Waals surface area contributed by atoms with Crippen molar-refractivity contribution in [1.82, 2.24) is 4.90 Å². The molecule has 0 radical (unpaired) electrons. The largest absolute Gasteiger partial charge is 0.493 e. The van der Waals surface area contributed by atoms with Gasteiger partial charge in [0.15, 0.2) is 0 Å². The molecule has 2 aromatic rings. The average Bonchev–Trinajstić information content (AvgIpc) is 2.56. The Balaban J connectivity index is 2.09. The van der Waals surface area contributed by atoms with Crippen LogP contribution in [0.3, 0.4) is 0 Å². The van der Waals surface area contributed by atoms with Crippen LogP contribution in [0.4, 0.5) is 5.69 Å². The zero-order chi connectivity index (χ0) is 17.7. The van der Waals surface area contributed by atoms with Gasteiger partial charge in [0.25, 0.3) is 11.8 Å². The Hall–Kier alpha value is -2.34. The van der Waals surface area contributed by atoms with E-state index in [-0.39, 0.29) is 11.8 Å². The molecule has 24 heavy (non-hydrogen) atoms. The van der Waals surface area contributed by atoms with E-state index in [4.69, 9.17) is 4.74 Å². The van der Waals surface area contributed by atoms with E-state index in [0.29, 0.717) is 29.2 Å². The van der Waals surface area contributed by atoms with Gasteiger partial charge in [-0.1, -0.05) is 0 Å². The number of amides is 2. The molecule has 126 valence electrons. The second-order valence-electron chi connectivity index (χ2n) is 5.31. The third-order valence-corrected chi connectivity index (χ3v) is 3.91. The number of carbonyl (C=O) groups is 2. The lowest BCUT2D eigenvalue weighted by Gasteiger charge is -2.11. The van der Waals surface area contributed by atoms with E-state index in [1.807, 2.05) is 6.92 Å². The molecule has 0 aliphatic carbocycles. The quantitative estimate of drug-likeness (QED) is 0.844. The number of rotatable bonds is 5. The average molecular weight is 391 g/mol. The van der Waals surface area contributed by atoms with Gasteiger partial charge in [-0.05, 0) is 65.3 Å². The third-order valence-electron chi connectivity index (χ3n) is 3.29. The number of hydrogen-bond donors (Lipinski definition) is 1. The molecule has 6 heteroatoms. The number of ether oxygens (including phenoxy) is 1. The molecule has 0 atom stereocenters. The highest BCUT2D eigenvalue weighted by Crippen LogP contribution is 2.26. The van der Waals surface area contributed by atoms with Crippen LogP contribution in [0, 0.1) is 0 Å². The first-order chi connectivity index (χ1) is 11.4. The van der Waals surface area contributed by atoms with Gasteiger partial charge in [0.2, 0.25) is 0 Å². The summed E-state index contributed by atoms with van der Waals surface area (Å²) >= 11 is 3.39. The van der Waals surface area contributed by atoms with E-state index in [1.165, 1.54) is 4.90 Å². The van der Waals surface area contributed by atoms with Crippen molar-refractivity contribution in [3.63, 3.8) is 0 Å². The standard InChI is InChI=1S/C18H19BrN2O3/c1-4-24-16-10-7-13(11-15(16)19)17(22)20-14-8-5-12(6-9-14)18(23)21(2)3/h5-11H,4H2,1-3H3,(H,20,22). The fourth-order valence-electron chi connectivity index (χ4n) is 2.07. The second-order valence-corrected chi connectivity index (χ2v) is 6.16. The predicted octanol–water partition coefficient (Wildman–Crippen LogP) is 3.80. The summed E-state index contributed by atoms with van der Waals surface area (Å²) in [7, 11) is 3.39. The van der Waals surface area contributed by atoms with E-state index in [9.17, 15) is 9.59 Å². The number of anilines is 1. The van der Waals surface area contributed by atoms with Crippen molar-refractivity contribution in [1.29, 1.82) is 0 Å². The Bertz CT molecular complexity index is 742. The number of benzene rings is 2. The van der Waals surface area contributed by atoms with Gasteiger partial charge in [0, 0.05) is 30.9 Å². The fourth-order valence-corrected chi connectivity index (χ4v) is 2.57. The molecule has 5 nitrogen and oxygen atoms in total. The Kier molecular flexibility index (Phi) is 5.98. The van der Waals surface area contributed by atoms with Crippen molar-refractivity contribution in [2.45, 2.75) is 6.92 Å². The first-order valence-electron chi connectivity index (χ1n) is 7.47. The highest BCUT2D eigenvalue weighted by Gasteiger charge is 2.11. The second kappa shape index (κ2) is 7.97.